The number of nitrogens with zero attached hydrogens (tertiary/aromatic N) is 2. The van der Waals surface area contributed by atoms with Crippen molar-refractivity contribution in [2.45, 2.75) is 33.1 Å². The molecule has 0 unspecified atom stereocenters. The number of pyridine rings is 1. The van der Waals surface area contributed by atoms with Gasteiger partial charge in [-0.3, -0.25) is 0 Å². The topological polar surface area (TPSA) is 71.9 Å². The van der Waals surface area contributed by atoms with Gasteiger partial charge in [0, 0.05) is 11.3 Å². The third-order valence-electron chi connectivity index (χ3n) is 3.80. The predicted octanol–water partition coefficient (Wildman–Crippen LogP) is 4.49. The number of nitriles is 1. The van der Waals surface area contributed by atoms with Crippen LogP contribution in [0.15, 0.2) is 22.7 Å². The monoisotopic (exact) mass is 373 g/mol. The zero-order valence-electron chi connectivity index (χ0n) is 13.6. The van der Waals surface area contributed by atoms with Crippen LogP contribution in [0.5, 0.6) is 5.75 Å². The molecule has 0 fully saturated rings. The maximum absolute atomic E-state index is 9.56. The summed E-state index contributed by atoms with van der Waals surface area (Å²) in [5, 5.41) is 9.56. The summed E-state index contributed by atoms with van der Waals surface area (Å²) >= 11 is 3.51. The zero-order chi connectivity index (χ0) is 17.0. The highest BCUT2D eigenvalue weighted by Crippen LogP contribution is 2.36. The Balaban J connectivity index is 2.78. The lowest BCUT2D eigenvalue weighted by Gasteiger charge is -2.17. The number of halogens is 1. The number of hydrogen-bond donors (Lipinski definition) is 1. The molecule has 5 heteroatoms. The average Bonchev–Trinajstić information content (AvgIpc) is 2.54. The highest BCUT2D eigenvalue weighted by molar-refractivity contribution is 9.10. The number of aryl methyl sites for hydroxylation is 1. The normalized spacial score (nSPS) is 10.4. The van der Waals surface area contributed by atoms with Crippen molar-refractivity contribution >= 4 is 21.7 Å². The molecule has 0 spiro atoms. The minimum atomic E-state index is 0.301. The zero-order valence-corrected chi connectivity index (χ0v) is 15.2. The molecule has 0 aliphatic rings. The molecule has 0 atom stereocenters. The van der Waals surface area contributed by atoms with Crippen LogP contribution in [0.4, 0.5) is 5.82 Å². The van der Waals surface area contributed by atoms with Crippen LogP contribution in [0.1, 0.15) is 37.1 Å². The molecule has 2 N–H and O–H groups in total. The third-order valence-corrected chi connectivity index (χ3v) is 4.42. The first kappa shape index (κ1) is 17.3. The third kappa shape index (κ3) is 3.32. The quantitative estimate of drug-likeness (QED) is 0.837. The molecule has 1 aromatic heterocycles. The molecule has 0 saturated carbocycles. The molecule has 0 aliphatic carbocycles. The van der Waals surface area contributed by atoms with Crippen molar-refractivity contribution < 1.29 is 4.74 Å². The van der Waals surface area contributed by atoms with Gasteiger partial charge in [-0.05, 0) is 52.0 Å². The van der Waals surface area contributed by atoms with Gasteiger partial charge in [0.25, 0.3) is 0 Å². The molecule has 2 rings (SSSR count). The number of hydrogen-bond acceptors (Lipinski definition) is 4. The fraction of sp³-hybridized carbons (Fsp3) is 0.333. The van der Waals surface area contributed by atoms with Gasteiger partial charge in [-0.1, -0.05) is 26.3 Å². The van der Waals surface area contributed by atoms with Gasteiger partial charge in [0.1, 0.15) is 23.2 Å². The molecular weight excluding hydrogens is 354 g/mol. The van der Waals surface area contributed by atoms with E-state index in [1.54, 1.807) is 7.11 Å². The van der Waals surface area contributed by atoms with E-state index in [2.05, 4.69) is 40.8 Å². The predicted molar refractivity (Wildman–Crippen MR) is 96.4 cm³/mol. The highest BCUT2D eigenvalue weighted by atomic mass is 79.9. The number of benzene rings is 1. The van der Waals surface area contributed by atoms with E-state index < -0.39 is 0 Å². The van der Waals surface area contributed by atoms with Gasteiger partial charge in [0.15, 0.2) is 0 Å². The Kier molecular flexibility index (Phi) is 5.62. The second kappa shape index (κ2) is 7.47. The summed E-state index contributed by atoms with van der Waals surface area (Å²) in [6.45, 7) is 4.19. The maximum atomic E-state index is 9.56. The Morgan fingerprint density at radius 2 is 2.09 bits per heavy atom. The largest absolute Gasteiger partial charge is 0.496 e. The summed E-state index contributed by atoms with van der Waals surface area (Å²) in [7, 11) is 1.63. The number of methoxy groups -OCH3 is 1. The number of ether oxygens (including phenoxy) is 1. The second-order valence-electron chi connectivity index (χ2n) is 5.24. The van der Waals surface area contributed by atoms with Crippen molar-refractivity contribution in [1.82, 2.24) is 4.98 Å². The molecule has 23 heavy (non-hydrogen) atoms. The number of anilines is 1. The van der Waals surface area contributed by atoms with E-state index in [4.69, 9.17) is 10.5 Å². The molecule has 4 nitrogen and oxygen atoms in total. The first-order valence-electron chi connectivity index (χ1n) is 7.62. The summed E-state index contributed by atoms with van der Waals surface area (Å²) in [5.41, 5.74) is 10.4. The SMILES string of the molecule is CCCc1nc(N)c(C#N)c(-c2ccc(OC)c(Br)c2)c1CC. The van der Waals surface area contributed by atoms with Crippen LogP contribution in [0.2, 0.25) is 0 Å². The van der Waals surface area contributed by atoms with Gasteiger partial charge >= 0.3 is 0 Å². The molecule has 0 aliphatic heterocycles. The Morgan fingerprint density at radius 1 is 1.35 bits per heavy atom. The first-order valence-corrected chi connectivity index (χ1v) is 8.41. The van der Waals surface area contributed by atoms with Crippen molar-refractivity contribution in [3.05, 3.63) is 39.5 Å². The fourth-order valence-electron chi connectivity index (χ4n) is 2.77. The molecular formula is C18H20BrN3O. The lowest BCUT2D eigenvalue weighted by atomic mass is 9.91. The lowest BCUT2D eigenvalue weighted by Crippen LogP contribution is -2.07. The van der Waals surface area contributed by atoms with Crippen LogP contribution in [-0.4, -0.2) is 12.1 Å². The number of rotatable bonds is 5. The van der Waals surface area contributed by atoms with E-state index in [0.29, 0.717) is 11.4 Å². The molecule has 0 bridgehead atoms. The molecule has 1 heterocycles. The van der Waals surface area contributed by atoms with Crippen LogP contribution in [0.25, 0.3) is 11.1 Å². The minimum absolute atomic E-state index is 0.301. The fourth-order valence-corrected chi connectivity index (χ4v) is 3.31. The maximum Gasteiger partial charge on any atom is 0.142 e. The molecule has 0 amide bonds. The molecule has 0 saturated heterocycles. The number of nitrogen functional groups attached to an aromatic ring is 1. The van der Waals surface area contributed by atoms with Crippen LogP contribution < -0.4 is 10.5 Å². The highest BCUT2D eigenvalue weighted by Gasteiger charge is 2.19. The summed E-state index contributed by atoms with van der Waals surface area (Å²) < 4.78 is 6.13. The molecule has 2 aromatic rings. The Hall–Kier alpha value is -2.06. The molecule has 0 radical (unpaired) electrons. The van der Waals surface area contributed by atoms with E-state index in [-0.39, 0.29) is 0 Å². The van der Waals surface area contributed by atoms with Gasteiger partial charge in [-0.15, -0.1) is 0 Å². The smallest absolute Gasteiger partial charge is 0.142 e. The van der Waals surface area contributed by atoms with Crippen molar-refractivity contribution in [2.24, 2.45) is 0 Å². The van der Waals surface area contributed by atoms with Gasteiger partial charge in [0.05, 0.1) is 11.6 Å². The molecule has 1 aromatic carbocycles. The lowest BCUT2D eigenvalue weighted by molar-refractivity contribution is 0.412. The van der Waals surface area contributed by atoms with Gasteiger partial charge in [-0.2, -0.15) is 5.26 Å². The van der Waals surface area contributed by atoms with E-state index in [9.17, 15) is 5.26 Å². The van der Waals surface area contributed by atoms with Crippen molar-refractivity contribution in [1.29, 1.82) is 5.26 Å². The van der Waals surface area contributed by atoms with E-state index in [1.807, 2.05) is 18.2 Å². The Bertz CT molecular complexity index is 766. The Labute approximate surface area is 145 Å². The minimum Gasteiger partial charge on any atom is -0.496 e. The van der Waals surface area contributed by atoms with Crippen LogP contribution in [-0.2, 0) is 12.8 Å². The van der Waals surface area contributed by atoms with Gasteiger partial charge in [0.2, 0.25) is 0 Å². The number of aromatic nitrogens is 1. The second-order valence-corrected chi connectivity index (χ2v) is 6.09. The average molecular weight is 374 g/mol. The van der Waals surface area contributed by atoms with Crippen molar-refractivity contribution in [3.63, 3.8) is 0 Å². The summed E-state index contributed by atoms with van der Waals surface area (Å²) in [6, 6.07) is 8.02. The van der Waals surface area contributed by atoms with Crippen LogP contribution in [0, 0.1) is 11.3 Å². The summed E-state index contributed by atoms with van der Waals surface area (Å²) in [4.78, 5) is 4.47. The van der Waals surface area contributed by atoms with Gasteiger partial charge < -0.3 is 10.5 Å². The van der Waals surface area contributed by atoms with E-state index in [0.717, 1.165) is 51.9 Å². The van der Waals surface area contributed by atoms with Crippen molar-refractivity contribution in [2.75, 3.05) is 12.8 Å². The first-order chi connectivity index (χ1) is 11.1. The number of nitrogens with two attached hydrogens (primary N) is 1. The summed E-state index contributed by atoms with van der Waals surface area (Å²) in [5.74, 6) is 1.05. The molecule has 120 valence electrons. The Morgan fingerprint density at radius 3 is 2.61 bits per heavy atom. The van der Waals surface area contributed by atoms with Crippen LogP contribution >= 0.6 is 15.9 Å². The summed E-state index contributed by atoms with van der Waals surface area (Å²) in [6.07, 6.45) is 2.64. The standard InChI is InChI=1S/C18H20BrN3O/c1-4-6-15-12(5-2)17(13(10-20)18(21)22-15)11-7-8-16(23-3)14(19)9-11/h7-9H,4-6H2,1-3H3,(H2,21,22). The van der Waals surface area contributed by atoms with Crippen LogP contribution in [0.3, 0.4) is 0 Å². The van der Waals surface area contributed by atoms with Crippen molar-refractivity contribution in [3.8, 4) is 22.9 Å². The van der Waals surface area contributed by atoms with E-state index in [1.165, 1.54) is 0 Å². The van der Waals surface area contributed by atoms with E-state index >= 15 is 0 Å². The van der Waals surface area contributed by atoms with Gasteiger partial charge in [-0.25, -0.2) is 4.98 Å².